The second kappa shape index (κ2) is 10.1. The van der Waals surface area contributed by atoms with Crippen LogP contribution in [-0.4, -0.2) is 69.2 Å². The Morgan fingerprint density at radius 2 is 1.83 bits per heavy atom. The molecule has 0 radical (unpaired) electrons. The first-order chi connectivity index (χ1) is 14.0. The lowest BCUT2D eigenvalue weighted by Crippen LogP contribution is -2.44. The largest absolute Gasteiger partial charge is 0.497 e. The second-order valence-electron chi connectivity index (χ2n) is 7.28. The molecule has 0 unspecified atom stereocenters. The van der Waals surface area contributed by atoms with Crippen molar-refractivity contribution in [2.45, 2.75) is 6.42 Å². The van der Waals surface area contributed by atoms with Crippen molar-refractivity contribution < 1.29 is 14.3 Å². The van der Waals surface area contributed by atoms with Crippen LogP contribution in [0.1, 0.15) is 16.8 Å². The molecule has 1 saturated heterocycles. The van der Waals surface area contributed by atoms with Crippen molar-refractivity contribution >= 4 is 17.3 Å². The molecule has 1 aliphatic rings. The maximum absolute atomic E-state index is 12.4. The lowest BCUT2D eigenvalue weighted by molar-refractivity contribution is 0.102. The fourth-order valence-electron chi connectivity index (χ4n) is 3.24. The summed E-state index contributed by atoms with van der Waals surface area (Å²) in [5, 5.41) is 2.85. The topological polar surface area (TPSA) is 80.1 Å². The van der Waals surface area contributed by atoms with Crippen LogP contribution in [0.3, 0.4) is 0 Å². The SMILES string of the molecule is COc1ccc(NC(=O)c2ccc(OCCCN3CCN(C)CC3)c(N)c2)cc1. The van der Waals surface area contributed by atoms with Crippen molar-refractivity contribution in [1.82, 2.24) is 9.80 Å². The quantitative estimate of drug-likeness (QED) is 0.525. The van der Waals surface area contributed by atoms with Gasteiger partial charge >= 0.3 is 0 Å². The average Bonchev–Trinajstić information content (AvgIpc) is 2.74. The van der Waals surface area contributed by atoms with Crippen LogP contribution in [0, 0.1) is 0 Å². The van der Waals surface area contributed by atoms with E-state index >= 15 is 0 Å². The summed E-state index contributed by atoms with van der Waals surface area (Å²) >= 11 is 0. The van der Waals surface area contributed by atoms with Crippen molar-refractivity contribution in [3.8, 4) is 11.5 Å². The summed E-state index contributed by atoms with van der Waals surface area (Å²) < 4.78 is 10.9. The van der Waals surface area contributed by atoms with Crippen LogP contribution in [0.15, 0.2) is 42.5 Å². The van der Waals surface area contributed by atoms with Gasteiger partial charge in [0.2, 0.25) is 0 Å². The maximum atomic E-state index is 12.4. The molecule has 0 atom stereocenters. The number of nitrogens with two attached hydrogens (primary N) is 1. The molecule has 2 aromatic rings. The van der Waals surface area contributed by atoms with Crippen LogP contribution in [0.25, 0.3) is 0 Å². The van der Waals surface area contributed by atoms with Gasteiger partial charge < -0.3 is 30.3 Å². The third-order valence-corrected chi connectivity index (χ3v) is 5.09. The number of nitrogens with one attached hydrogen (secondary N) is 1. The van der Waals surface area contributed by atoms with Crippen LogP contribution >= 0.6 is 0 Å². The van der Waals surface area contributed by atoms with E-state index in [9.17, 15) is 4.79 Å². The molecule has 1 heterocycles. The van der Waals surface area contributed by atoms with Gasteiger partial charge in [0.15, 0.2) is 0 Å². The molecule has 1 aliphatic heterocycles. The third kappa shape index (κ3) is 6.10. The molecule has 156 valence electrons. The Morgan fingerprint density at radius 3 is 2.48 bits per heavy atom. The van der Waals surface area contributed by atoms with E-state index in [-0.39, 0.29) is 5.91 Å². The zero-order valence-corrected chi connectivity index (χ0v) is 17.2. The van der Waals surface area contributed by atoms with E-state index in [1.54, 1.807) is 49.6 Å². The molecule has 1 fully saturated rings. The Morgan fingerprint density at radius 1 is 1.10 bits per heavy atom. The number of amides is 1. The minimum absolute atomic E-state index is 0.219. The number of nitrogens with zero attached hydrogens (tertiary/aromatic N) is 2. The van der Waals surface area contributed by atoms with E-state index in [0.717, 1.165) is 44.9 Å². The highest BCUT2D eigenvalue weighted by atomic mass is 16.5. The molecule has 7 nitrogen and oxygen atoms in total. The Labute approximate surface area is 172 Å². The number of likely N-dealkylation sites (N-methyl/N-ethyl adjacent to an activating group) is 1. The molecule has 0 aliphatic carbocycles. The zero-order valence-electron chi connectivity index (χ0n) is 17.2. The number of methoxy groups -OCH3 is 1. The Bertz CT molecular complexity index is 802. The minimum Gasteiger partial charge on any atom is -0.497 e. The Balaban J connectivity index is 1.46. The molecular formula is C22H30N4O3. The smallest absolute Gasteiger partial charge is 0.255 e. The summed E-state index contributed by atoms with van der Waals surface area (Å²) in [6.07, 6.45) is 0.947. The normalized spacial score (nSPS) is 15.1. The van der Waals surface area contributed by atoms with Crippen LogP contribution in [0.2, 0.25) is 0 Å². The van der Waals surface area contributed by atoms with Crippen molar-refractivity contribution in [2.24, 2.45) is 0 Å². The summed E-state index contributed by atoms with van der Waals surface area (Å²) in [7, 11) is 3.76. The monoisotopic (exact) mass is 398 g/mol. The fourth-order valence-corrected chi connectivity index (χ4v) is 3.24. The molecule has 3 rings (SSSR count). The van der Waals surface area contributed by atoms with Gasteiger partial charge in [-0.1, -0.05) is 0 Å². The summed E-state index contributed by atoms with van der Waals surface area (Å²) in [5.74, 6) is 1.13. The number of anilines is 2. The first kappa shape index (κ1) is 21.0. The first-order valence-corrected chi connectivity index (χ1v) is 9.94. The van der Waals surface area contributed by atoms with E-state index in [2.05, 4.69) is 22.2 Å². The maximum Gasteiger partial charge on any atom is 0.255 e. The zero-order chi connectivity index (χ0) is 20.6. The van der Waals surface area contributed by atoms with Gasteiger partial charge in [-0.15, -0.1) is 0 Å². The molecule has 29 heavy (non-hydrogen) atoms. The molecule has 0 saturated carbocycles. The highest BCUT2D eigenvalue weighted by Crippen LogP contribution is 2.24. The van der Waals surface area contributed by atoms with Gasteiger partial charge in [-0.2, -0.15) is 0 Å². The highest BCUT2D eigenvalue weighted by Gasteiger charge is 2.13. The molecule has 2 aromatic carbocycles. The number of piperazine rings is 1. The van der Waals surface area contributed by atoms with E-state index in [0.29, 0.717) is 29.3 Å². The number of ether oxygens (including phenoxy) is 2. The number of benzene rings is 2. The van der Waals surface area contributed by atoms with Gasteiger partial charge in [0.1, 0.15) is 11.5 Å². The summed E-state index contributed by atoms with van der Waals surface area (Å²) in [4.78, 5) is 17.2. The molecule has 3 N–H and O–H groups in total. The van der Waals surface area contributed by atoms with Crippen LogP contribution in [0.4, 0.5) is 11.4 Å². The predicted octanol–water partition coefficient (Wildman–Crippen LogP) is 2.55. The second-order valence-corrected chi connectivity index (χ2v) is 7.28. The number of hydrogen-bond acceptors (Lipinski definition) is 6. The number of nitrogen functional groups attached to an aromatic ring is 1. The number of carbonyl (C=O) groups excluding carboxylic acids is 1. The van der Waals surface area contributed by atoms with Gasteiger partial charge in [-0.25, -0.2) is 0 Å². The summed E-state index contributed by atoms with van der Waals surface area (Å²) in [6.45, 7) is 6.08. The molecule has 0 bridgehead atoms. The highest BCUT2D eigenvalue weighted by molar-refractivity contribution is 6.05. The summed E-state index contributed by atoms with van der Waals surface area (Å²) in [5.41, 5.74) is 7.74. The van der Waals surface area contributed by atoms with Gasteiger partial charge in [-0.3, -0.25) is 4.79 Å². The number of hydrogen-bond donors (Lipinski definition) is 2. The lowest BCUT2D eigenvalue weighted by Gasteiger charge is -2.32. The van der Waals surface area contributed by atoms with Crippen molar-refractivity contribution in [1.29, 1.82) is 0 Å². The Hall–Kier alpha value is -2.77. The van der Waals surface area contributed by atoms with Crippen LogP contribution < -0.4 is 20.5 Å². The van der Waals surface area contributed by atoms with E-state index in [1.807, 2.05) is 0 Å². The average molecular weight is 399 g/mol. The number of rotatable bonds is 8. The number of carbonyl (C=O) groups is 1. The first-order valence-electron chi connectivity index (χ1n) is 9.94. The minimum atomic E-state index is -0.219. The van der Waals surface area contributed by atoms with Gasteiger partial charge in [0, 0.05) is 44.0 Å². The van der Waals surface area contributed by atoms with Crippen molar-refractivity contribution in [3.05, 3.63) is 48.0 Å². The molecular weight excluding hydrogens is 368 g/mol. The Kier molecular flexibility index (Phi) is 7.32. The predicted molar refractivity (Wildman–Crippen MR) is 116 cm³/mol. The van der Waals surface area contributed by atoms with E-state index in [1.165, 1.54) is 0 Å². The van der Waals surface area contributed by atoms with Crippen molar-refractivity contribution in [3.63, 3.8) is 0 Å². The molecule has 1 amide bonds. The fraction of sp³-hybridized carbons (Fsp3) is 0.409. The van der Waals surface area contributed by atoms with Crippen LogP contribution in [-0.2, 0) is 0 Å². The molecule has 0 spiro atoms. The lowest BCUT2D eigenvalue weighted by atomic mass is 10.1. The molecule has 7 heteroatoms. The third-order valence-electron chi connectivity index (χ3n) is 5.09. The standard InChI is InChI=1S/C22H30N4O3/c1-25-11-13-26(14-12-25)10-3-15-29-21-9-4-17(16-20(21)23)22(27)24-18-5-7-19(28-2)8-6-18/h4-9,16H,3,10-15,23H2,1-2H3,(H,24,27). The molecule has 0 aromatic heterocycles. The van der Waals surface area contributed by atoms with Gasteiger partial charge in [0.25, 0.3) is 5.91 Å². The van der Waals surface area contributed by atoms with Gasteiger partial charge in [-0.05, 0) is 55.9 Å². The van der Waals surface area contributed by atoms with Crippen molar-refractivity contribution in [2.75, 3.05) is 64.5 Å². The summed E-state index contributed by atoms with van der Waals surface area (Å²) in [6, 6.07) is 12.3. The van der Waals surface area contributed by atoms with E-state index in [4.69, 9.17) is 15.2 Å². The van der Waals surface area contributed by atoms with E-state index < -0.39 is 0 Å². The van der Waals surface area contributed by atoms with Crippen LogP contribution in [0.5, 0.6) is 11.5 Å². The van der Waals surface area contributed by atoms with Gasteiger partial charge in [0.05, 0.1) is 19.4 Å².